The molecule has 0 spiro atoms. The average molecular weight is 346 g/mol. The molecule has 0 N–H and O–H groups in total. The van der Waals surface area contributed by atoms with Crippen LogP contribution in [-0.4, -0.2) is 25.8 Å². The van der Waals surface area contributed by atoms with Crippen LogP contribution < -0.4 is 9.47 Å². The van der Waals surface area contributed by atoms with Crippen molar-refractivity contribution in [2.45, 2.75) is 57.3 Å². The minimum atomic E-state index is -4.59. The van der Waals surface area contributed by atoms with E-state index in [0.29, 0.717) is 26.1 Å². The summed E-state index contributed by atoms with van der Waals surface area (Å²) in [5.41, 5.74) is -0.909. The minimum Gasteiger partial charge on any atom is -0.464 e. The molecule has 1 aromatic rings. The van der Waals surface area contributed by atoms with Crippen LogP contribution in [0, 0.1) is 0 Å². The van der Waals surface area contributed by atoms with E-state index >= 15 is 0 Å². The van der Waals surface area contributed by atoms with Crippen molar-refractivity contribution in [3.63, 3.8) is 0 Å². The van der Waals surface area contributed by atoms with Crippen LogP contribution >= 0.6 is 0 Å². The molecule has 1 aromatic carbocycles. The van der Waals surface area contributed by atoms with Gasteiger partial charge in [-0.25, -0.2) is 0 Å². The molecule has 0 amide bonds. The Balaban J connectivity index is 1.83. The molecule has 7 heteroatoms. The summed E-state index contributed by atoms with van der Waals surface area (Å²) in [6.07, 6.45) is -1.20. The summed E-state index contributed by atoms with van der Waals surface area (Å²) in [5.74, 6) is -0.523. The van der Waals surface area contributed by atoms with Gasteiger partial charge in [-0.15, -0.1) is 0 Å². The number of halogens is 3. The zero-order chi connectivity index (χ0) is 17.0. The Labute approximate surface area is 138 Å². The first kappa shape index (κ1) is 17.4. The van der Waals surface area contributed by atoms with Crippen molar-refractivity contribution < 1.29 is 32.1 Å². The van der Waals surface area contributed by atoms with E-state index in [-0.39, 0.29) is 11.5 Å². The van der Waals surface area contributed by atoms with Crippen LogP contribution in [0.5, 0.6) is 11.5 Å². The molecule has 0 aliphatic carbocycles. The zero-order valence-corrected chi connectivity index (χ0v) is 13.3. The summed E-state index contributed by atoms with van der Waals surface area (Å²) < 4.78 is 62.5. The number of hydrogen-bond donors (Lipinski definition) is 0. The number of benzene rings is 1. The van der Waals surface area contributed by atoms with Gasteiger partial charge in [0.25, 0.3) is 0 Å². The fraction of sp³-hybridized carbons (Fsp3) is 0.647. The van der Waals surface area contributed by atoms with E-state index in [1.165, 1.54) is 18.2 Å². The molecule has 2 saturated heterocycles. The second kappa shape index (κ2) is 7.61. The average Bonchev–Trinajstić information content (AvgIpc) is 2.56. The standard InChI is InChI=1S/C17H21F3O4/c18-17(19,20)16-12(23-14-8-1-3-10-21-14)6-5-7-13(16)24-15-9-2-4-11-22-15/h5-7,14-15H,1-4,8-11H2. The summed E-state index contributed by atoms with van der Waals surface area (Å²) >= 11 is 0. The highest BCUT2D eigenvalue weighted by atomic mass is 19.4. The van der Waals surface area contributed by atoms with Crippen LogP contribution in [0.3, 0.4) is 0 Å². The van der Waals surface area contributed by atoms with Crippen molar-refractivity contribution in [2.75, 3.05) is 13.2 Å². The highest BCUT2D eigenvalue weighted by Gasteiger charge is 2.39. The Morgan fingerprint density at radius 2 is 1.33 bits per heavy atom. The van der Waals surface area contributed by atoms with Crippen molar-refractivity contribution in [3.05, 3.63) is 23.8 Å². The molecular formula is C17H21F3O4. The van der Waals surface area contributed by atoms with Crippen LogP contribution in [0.15, 0.2) is 18.2 Å². The Bertz CT molecular complexity index is 497. The Kier molecular flexibility index (Phi) is 5.50. The van der Waals surface area contributed by atoms with Gasteiger partial charge in [-0.1, -0.05) is 6.07 Å². The van der Waals surface area contributed by atoms with Crippen LogP contribution in [0.1, 0.15) is 44.1 Å². The number of rotatable bonds is 4. The maximum absolute atomic E-state index is 13.6. The molecule has 2 unspecified atom stereocenters. The van der Waals surface area contributed by atoms with Gasteiger partial charge in [0.2, 0.25) is 0 Å². The lowest BCUT2D eigenvalue weighted by Crippen LogP contribution is -2.28. The van der Waals surface area contributed by atoms with Gasteiger partial charge in [-0.3, -0.25) is 0 Å². The maximum atomic E-state index is 13.6. The molecule has 2 aliphatic heterocycles. The highest BCUT2D eigenvalue weighted by Crippen LogP contribution is 2.43. The Morgan fingerprint density at radius 1 is 0.833 bits per heavy atom. The Hall–Kier alpha value is -1.47. The molecule has 2 fully saturated rings. The predicted octanol–water partition coefficient (Wildman–Crippen LogP) is 4.52. The third kappa shape index (κ3) is 4.33. The first-order valence-electron chi connectivity index (χ1n) is 8.31. The third-order valence-corrected chi connectivity index (χ3v) is 4.06. The molecule has 0 saturated carbocycles. The van der Waals surface area contributed by atoms with Crippen LogP contribution in [0.25, 0.3) is 0 Å². The van der Waals surface area contributed by atoms with E-state index in [0.717, 1.165) is 25.7 Å². The molecule has 134 valence electrons. The zero-order valence-electron chi connectivity index (χ0n) is 13.3. The molecular weight excluding hydrogens is 325 g/mol. The highest BCUT2D eigenvalue weighted by molar-refractivity contribution is 5.47. The lowest BCUT2D eigenvalue weighted by atomic mass is 10.1. The van der Waals surface area contributed by atoms with Crippen molar-refractivity contribution >= 4 is 0 Å². The minimum absolute atomic E-state index is 0.261. The van der Waals surface area contributed by atoms with Gasteiger partial charge in [0.1, 0.15) is 17.1 Å². The maximum Gasteiger partial charge on any atom is 0.423 e. The summed E-state index contributed by atoms with van der Waals surface area (Å²) in [4.78, 5) is 0. The summed E-state index contributed by atoms with van der Waals surface area (Å²) in [5, 5.41) is 0. The Morgan fingerprint density at radius 3 is 1.71 bits per heavy atom. The summed E-state index contributed by atoms with van der Waals surface area (Å²) in [6.45, 7) is 0.996. The van der Waals surface area contributed by atoms with Gasteiger partial charge in [-0.2, -0.15) is 13.2 Å². The fourth-order valence-corrected chi connectivity index (χ4v) is 2.88. The first-order chi connectivity index (χ1) is 11.5. The van der Waals surface area contributed by atoms with Crippen LogP contribution in [-0.2, 0) is 15.7 Å². The van der Waals surface area contributed by atoms with E-state index in [2.05, 4.69) is 0 Å². The predicted molar refractivity (Wildman–Crippen MR) is 79.9 cm³/mol. The third-order valence-electron chi connectivity index (χ3n) is 4.06. The van der Waals surface area contributed by atoms with E-state index in [4.69, 9.17) is 18.9 Å². The quantitative estimate of drug-likeness (QED) is 0.803. The largest absolute Gasteiger partial charge is 0.464 e. The van der Waals surface area contributed by atoms with Gasteiger partial charge in [0, 0.05) is 12.8 Å². The molecule has 2 atom stereocenters. The van der Waals surface area contributed by atoms with Crippen molar-refractivity contribution in [2.24, 2.45) is 0 Å². The van der Waals surface area contributed by atoms with Crippen molar-refractivity contribution in [3.8, 4) is 11.5 Å². The summed E-state index contributed by atoms with van der Waals surface area (Å²) in [6, 6.07) is 4.09. The number of ether oxygens (including phenoxy) is 4. The SMILES string of the molecule is FC(F)(F)c1c(OC2CCCCO2)cccc1OC1CCCCO1. The van der Waals surface area contributed by atoms with Crippen molar-refractivity contribution in [1.29, 1.82) is 0 Å². The van der Waals surface area contributed by atoms with Crippen LogP contribution in [0.2, 0.25) is 0 Å². The fourth-order valence-electron chi connectivity index (χ4n) is 2.88. The van der Waals surface area contributed by atoms with E-state index in [1.54, 1.807) is 0 Å². The molecule has 0 bridgehead atoms. The molecule has 2 heterocycles. The monoisotopic (exact) mass is 346 g/mol. The molecule has 4 nitrogen and oxygen atoms in total. The second-order valence-electron chi connectivity index (χ2n) is 5.96. The molecule has 2 aliphatic rings. The lowest BCUT2D eigenvalue weighted by molar-refractivity contribution is -0.151. The van der Waals surface area contributed by atoms with Gasteiger partial charge in [0.05, 0.1) is 13.2 Å². The van der Waals surface area contributed by atoms with Crippen molar-refractivity contribution in [1.82, 2.24) is 0 Å². The number of hydrogen-bond acceptors (Lipinski definition) is 4. The normalized spacial score (nSPS) is 25.3. The summed E-state index contributed by atoms with van der Waals surface area (Å²) in [7, 11) is 0. The molecule has 24 heavy (non-hydrogen) atoms. The van der Waals surface area contributed by atoms with Gasteiger partial charge in [0.15, 0.2) is 12.6 Å². The second-order valence-corrected chi connectivity index (χ2v) is 5.96. The smallest absolute Gasteiger partial charge is 0.423 e. The first-order valence-corrected chi connectivity index (χ1v) is 8.31. The lowest BCUT2D eigenvalue weighted by Gasteiger charge is -2.28. The van der Waals surface area contributed by atoms with Gasteiger partial charge < -0.3 is 18.9 Å². The van der Waals surface area contributed by atoms with E-state index in [9.17, 15) is 13.2 Å². The van der Waals surface area contributed by atoms with E-state index < -0.39 is 24.3 Å². The molecule has 0 aromatic heterocycles. The number of alkyl halides is 3. The topological polar surface area (TPSA) is 36.9 Å². The molecule has 0 radical (unpaired) electrons. The van der Waals surface area contributed by atoms with E-state index in [1.807, 2.05) is 0 Å². The molecule has 3 rings (SSSR count). The van der Waals surface area contributed by atoms with Gasteiger partial charge >= 0.3 is 6.18 Å². The van der Waals surface area contributed by atoms with Gasteiger partial charge in [-0.05, 0) is 37.8 Å². The van der Waals surface area contributed by atoms with Crippen LogP contribution in [0.4, 0.5) is 13.2 Å².